The highest BCUT2D eigenvalue weighted by Gasteiger charge is 2.31. The van der Waals surface area contributed by atoms with E-state index in [4.69, 9.17) is 9.47 Å². The third-order valence-electron chi connectivity index (χ3n) is 5.52. The number of carbonyl (C=O) groups is 2. The number of benzene rings is 2. The van der Waals surface area contributed by atoms with Gasteiger partial charge in [-0.2, -0.15) is 10.1 Å². The average molecular weight is 434 g/mol. The SMILES string of the molecule is COCC1=NN(c2ccccc2)C(=O)/C1=C\c1ccc(N2CCN(C(=O)OC)CC2)cc1. The number of rotatable bonds is 5. The summed E-state index contributed by atoms with van der Waals surface area (Å²) in [7, 11) is 2.99. The van der Waals surface area contributed by atoms with E-state index < -0.39 is 0 Å². The zero-order chi connectivity index (χ0) is 22.5. The molecule has 0 radical (unpaired) electrons. The molecule has 2 amide bonds. The summed E-state index contributed by atoms with van der Waals surface area (Å²) >= 11 is 0. The number of hydrogen-bond donors (Lipinski definition) is 0. The number of amides is 2. The van der Waals surface area contributed by atoms with Crippen LogP contribution in [0.1, 0.15) is 5.56 Å². The monoisotopic (exact) mass is 434 g/mol. The van der Waals surface area contributed by atoms with Crippen LogP contribution in [0.25, 0.3) is 6.08 Å². The second kappa shape index (κ2) is 9.65. The fraction of sp³-hybridized carbons (Fsp3) is 0.292. The van der Waals surface area contributed by atoms with Gasteiger partial charge in [0.1, 0.15) is 0 Å². The summed E-state index contributed by atoms with van der Waals surface area (Å²) in [4.78, 5) is 28.7. The molecule has 0 saturated carbocycles. The van der Waals surface area contributed by atoms with Crippen molar-refractivity contribution >= 4 is 35.2 Å². The van der Waals surface area contributed by atoms with E-state index in [-0.39, 0.29) is 18.6 Å². The van der Waals surface area contributed by atoms with Gasteiger partial charge in [0.05, 0.1) is 30.7 Å². The zero-order valence-electron chi connectivity index (χ0n) is 18.2. The Balaban J connectivity index is 1.49. The molecule has 32 heavy (non-hydrogen) atoms. The first-order valence-electron chi connectivity index (χ1n) is 10.5. The van der Waals surface area contributed by atoms with Crippen molar-refractivity contribution in [2.75, 3.05) is 56.9 Å². The third-order valence-corrected chi connectivity index (χ3v) is 5.52. The lowest BCUT2D eigenvalue weighted by atomic mass is 10.1. The molecule has 2 aliphatic heterocycles. The van der Waals surface area contributed by atoms with Gasteiger partial charge in [-0.25, -0.2) is 4.79 Å². The van der Waals surface area contributed by atoms with E-state index >= 15 is 0 Å². The van der Waals surface area contributed by atoms with Gasteiger partial charge in [0.25, 0.3) is 5.91 Å². The van der Waals surface area contributed by atoms with Crippen molar-refractivity contribution in [3.8, 4) is 0 Å². The Morgan fingerprint density at radius 1 is 0.969 bits per heavy atom. The summed E-state index contributed by atoms with van der Waals surface area (Å²) in [5.74, 6) is -0.175. The Morgan fingerprint density at radius 3 is 2.28 bits per heavy atom. The van der Waals surface area contributed by atoms with Gasteiger partial charge in [-0.3, -0.25) is 4.79 Å². The minimum Gasteiger partial charge on any atom is -0.453 e. The van der Waals surface area contributed by atoms with Crippen LogP contribution in [0.4, 0.5) is 16.2 Å². The van der Waals surface area contributed by atoms with Gasteiger partial charge in [-0.1, -0.05) is 30.3 Å². The van der Waals surface area contributed by atoms with E-state index in [1.807, 2.05) is 60.7 Å². The molecule has 4 rings (SSSR count). The molecule has 2 aromatic rings. The minimum absolute atomic E-state index is 0.175. The highest BCUT2D eigenvalue weighted by atomic mass is 16.5. The molecular formula is C24H26N4O4. The topological polar surface area (TPSA) is 74.7 Å². The van der Waals surface area contributed by atoms with Crippen LogP contribution in [0, 0.1) is 0 Å². The molecule has 0 unspecified atom stereocenters. The van der Waals surface area contributed by atoms with Crippen LogP contribution in [0.15, 0.2) is 65.3 Å². The minimum atomic E-state index is -0.286. The second-order valence-corrected chi connectivity index (χ2v) is 7.53. The second-order valence-electron chi connectivity index (χ2n) is 7.53. The quantitative estimate of drug-likeness (QED) is 0.677. The van der Waals surface area contributed by atoms with Crippen molar-refractivity contribution in [2.24, 2.45) is 5.10 Å². The maximum atomic E-state index is 13.1. The Kier molecular flexibility index (Phi) is 6.51. The van der Waals surface area contributed by atoms with E-state index in [1.165, 1.54) is 12.1 Å². The maximum absolute atomic E-state index is 13.1. The summed E-state index contributed by atoms with van der Waals surface area (Å²) in [6.07, 6.45) is 1.56. The zero-order valence-corrected chi connectivity index (χ0v) is 18.2. The molecule has 0 atom stereocenters. The van der Waals surface area contributed by atoms with Gasteiger partial charge in [-0.15, -0.1) is 0 Å². The fourth-order valence-corrected chi connectivity index (χ4v) is 3.81. The van der Waals surface area contributed by atoms with Crippen LogP contribution < -0.4 is 9.91 Å². The van der Waals surface area contributed by atoms with Gasteiger partial charge in [0.15, 0.2) is 0 Å². The number of hydrazone groups is 1. The molecule has 1 fully saturated rings. The highest BCUT2D eigenvalue weighted by molar-refractivity contribution is 6.33. The van der Waals surface area contributed by atoms with E-state index in [0.717, 1.165) is 30.0 Å². The van der Waals surface area contributed by atoms with Crippen molar-refractivity contribution in [2.45, 2.75) is 0 Å². The number of carbonyl (C=O) groups excluding carboxylic acids is 2. The van der Waals surface area contributed by atoms with Crippen LogP contribution in [0.5, 0.6) is 0 Å². The largest absolute Gasteiger partial charge is 0.453 e. The van der Waals surface area contributed by atoms with Crippen LogP contribution in [0.2, 0.25) is 0 Å². The van der Waals surface area contributed by atoms with E-state index in [0.29, 0.717) is 24.4 Å². The molecule has 166 valence electrons. The van der Waals surface area contributed by atoms with Gasteiger partial charge in [-0.05, 0) is 35.9 Å². The summed E-state index contributed by atoms with van der Waals surface area (Å²) in [5, 5.41) is 5.89. The molecule has 0 aliphatic carbocycles. The summed E-state index contributed by atoms with van der Waals surface area (Å²) in [6, 6.07) is 17.4. The van der Waals surface area contributed by atoms with E-state index in [1.54, 1.807) is 12.0 Å². The number of ether oxygens (including phenoxy) is 2. The molecule has 2 aliphatic rings. The Morgan fingerprint density at radius 2 is 1.66 bits per heavy atom. The molecule has 2 aromatic carbocycles. The Labute approximate surface area is 187 Å². The molecule has 8 nitrogen and oxygen atoms in total. The lowest BCUT2D eigenvalue weighted by molar-refractivity contribution is -0.114. The normalized spacial score (nSPS) is 17.7. The lowest BCUT2D eigenvalue weighted by Crippen LogP contribution is -2.48. The van der Waals surface area contributed by atoms with E-state index in [9.17, 15) is 9.59 Å². The summed E-state index contributed by atoms with van der Waals surface area (Å²) in [5.41, 5.74) is 3.82. The van der Waals surface area contributed by atoms with Crippen LogP contribution in [-0.4, -0.2) is 69.6 Å². The number of hydrogen-bond acceptors (Lipinski definition) is 6. The molecule has 2 heterocycles. The van der Waals surface area contributed by atoms with Gasteiger partial charge >= 0.3 is 6.09 Å². The van der Waals surface area contributed by atoms with E-state index in [2.05, 4.69) is 10.0 Å². The number of piperazine rings is 1. The molecule has 0 spiro atoms. The predicted octanol–water partition coefficient (Wildman–Crippen LogP) is 3.01. The first-order chi connectivity index (χ1) is 15.6. The molecule has 0 bridgehead atoms. The van der Waals surface area contributed by atoms with Crippen molar-refractivity contribution in [1.29, 1.82) is 0 Å². The van der Waals surface area contributed by atoms with Gasteiger partial charge in [0, 0.05) is 39.0 Å². The Bertz CT molecular complexity index is 1030. The fourth-order valence-electron chi connectivity index (χ4n) is 3.81. The molecule has 1 saturated heterocycles. The number of nitrogens with zero attached hydrogens (tertiary/aromatic N) is 4. The Hall–Kier alpha value is -3.65. The molecule has 8 heteroatoms. The first-order valence-corrected chi connectivity index (χ1v) is 10.5. The standard InChI is InChI=1S/C24H26N4O4/c1-31-17-22-21(23(29)28(25-22)20-6-4-3-5-7-20)16-18-8-10-19(11-9-18)26-12-14-27(15-13-26)24(30)32-2/h3-11,16H,12-15,17H2,1-2H3/b21-16-. The molecule has 0 aromatic heterocycles. The average Bonchev–Trinajstić information content (AvgIpc) is 3.15. The van der Waals surface area contributed by atoms with Gasteiger partial charge < -0.3 is 19.3 Å². The number of anilines is 2. The van der Waals surface area contributed by atoms with Crippen molar-refractivity contribution in [3.63, 3.8) is 0 Å². The third kappa shape index (κ3) is 4.50. The van der Waals surface area contributed by atoms with Gasteiger partial charge in [0.2, 0.25) is 0 Å². The summed E-state index contributed by atoms with van der Waals surface area (Å²) in [6.45, 7) is 2.98. The molecule has 0 N–H and O–H groups in total. The predicted molar refractivity (Wildman–Crippen MR) is 124 cm³/mol. The lowest BCUT2D eigenvalue weighted by Gasteiger charge is -2.35. The smallest absolute Gasteiger partial charge is 0.409 e. The van der Waals surface area contributed by atoms with Crippen molar-refractivity contribution in [3.05, 3.63) is 65.7 Å². The first kappa shape index (κ1) is 21.6. The molecular weight excluding hydrogens is 408 g/mol. The number of methoxy groups -OCH3 is 2. The maximum Gasteiger partial charge on any atom is 0.409 e. The van der Waals surface area contributed by atoms with Crippen molar-refractivity contribution in [1.82, 2.24) is 4.90 Å². The van der Waals surface area contributed by atoms with Crippen LogP contribution in [-0.2, 0) is 14.3 Å². The van der Waals surface area contributed by atoms with Crippen LogP contribution >= 0.6 is 0 Å². The van der Waals surface area contributed by atoms with Crippen LogP contribution in [0.3, 0.4) is 0 Å². The highest BCUT2D eigenvalue weighted by Crippen LogP contribution is 2.26. The number of para-hydroxylation sites is 1. The summed E-state index contributed by atoms with van der Waals surface area (Å²) < 4.78 is 10.1. The van der Waals surface area contributed by atoms with Crippen molar-refractivity contribution < 1.29 is 19.1 Å².